The number of aromatic nitrogens is 1. The van der Waals surface area contributed by atoms with Gasteiger partial charge in [0.2, 0.25) is 0 Å². The van der Waals surface area contributed by atoms with Crippen LogP contribution in [0, 0.1) is 20.8 Å². The average Bonchev–Trinajstić information content (AvgIpc) is 2.83. The van der Waals surface area contributed by atoms with Gasteiger partial charge in [-0.15, -0.1) is 0 Å². The summed E-state index contributed by atoms with van der Waals surface area (Å²) in [4.78, 5) is 23.8. The smallest absolute Gasteiger partial charge is 0.336 e. The highest BCUT2D eigenvalue weighted by Crippen LogP contribution is 2.25. The SMILES string of the molecule is Cc1cc(C)c(C(=O)O)cc1NC(=O)c1c(C)noc1C(C)C. The lowest BCUT2D eigenvalue weighted by molar-refractivity contribution is 0.0695. The third kappa shape index (κ3) is 3.26. The van der Waals surface area contributed by atoms with Crippen molar-refractivity contribution >= 4 is 17.6 Å². The Hall–Kier alpha value is -2.63. The highest BCUT2D eigenvalue weighted by atomic mass is 16.5. The van der Waals surface area contributed by atoms with E-state index in [0.29, 0.717) is 28.3 Å². The fraction of sp³-hybridized carbons (Fsp3) is 0.353. The molecule has 0 saturated carbocycles. The van der Waals surface area contributed by atoms with Gasteiger partial charge < -0.3 is 14.9 Å². The molecule has 0 aliphatic rings. The molecule has 1 heterocycles. The largest absolute Gasteiger partial charge is 0.478 e. The van der Waals surface area contributed by atoms with E-state index in [0.717, 1.165) is 5.56 Å². The molecule has 0 aliphatic heterocycles. The number of amides is 1. The molecule has 0 fully saturated rings. The second-order valence-electron chi connectivity index (χ2n) is 5.90. The van der Waals surface area contributed by atoms with Gasteiger partial charge in [0, 0.05) is 11.6 Å². The van der Waals surface area contributed by atoms with Crippen LogP contribution in [0.2, 0.25) is 0 Å². The first-order chi connectivity index (χ1) is 10.7. The standard InChI is InChI=1S/C17H20N2O4/c1-8(2)15-14(11(5)19-23-15)16(20)18-13-7-12(17(21)22)9(3)6-10(13)4/h6-8H,1-5H3,(H,18,20)(H,21,22). The second kappa shape index (κ2) is 6.24. The summed E-state index contributed by atoms with van der Waals surface area (Å²) < 4.78 is 5.22. The molecular weight excluding hydrogens is 296 g/mol. The van der Waals surface area contributed by atoms with Crippen molar-refractivity contribution in [3.8, 4) is 0 Å². The summed E-state index contributed by atoms with van der Waals surface area (Å²) in [6.45, 7) is 9.07. The lowest BCUT2D eigenvalue weighted by atomic mass is 10.0. The lowest BCUT2D eigenvalue weighted by Gasteiger charge is -2.12. The van der Waals surface area contributed by atoms with E-state index in [9.17, 15) is 14.7 Å². The van der Waals surface area contributed by atoms with Crippen LogP contribution in [-0.2, 0) is 0 Å². The molecule has 2 rings (SSSR count). The van der Waals surface area contributed by atoms with Gasteiger partial charge in [-0.3, -0.25) is 4.79 Å². The summed E-state index contributed by atoms with van der Waals surface area (Å²) >= 11 is 0. The topological polar surface area (TPSA) is 92.4 Å². The number of nitrogens with zero attached hydrogens (tertiary/aromatic N) is 1. The minimum absolute atomic E-state index is 0.0191. The van der Waals surface area contributed by atoms with Gasteiger partial charge in [-0.25, -0.2) is 4.79 Å². The summed E-state index contributed by atoms with van der Waals surface area (Å²) in [5, 5.41) is 15.8. The first-order valence-corrected chi connectivity index (χ1v) is 7.34. The van der Waals surface area contributed by atoms with Crippen LogP contribution >= 0.6 is 0 Å². The number of anilines is 1. The maximum atomic E-state index is 12.6. The van der Waals surface area contributed by atoms with Crippen LogP contribution in [0.4, 0.5) is 5.69 Å². The summed E-state index contributed by atoms with van der Waals surface area (Å²) in [6.07, 6.45) is 0. The van der Waals surface area contributed by atoms with Crippen LogP contribution in [0.25, 0.3) is 0 Å². The molecule has 0 spiro atoms. The van der Waals surface area contributed by atoms with Crippen molar-refractivity contribution in [2.24, 2.45) is 0 Å². The Morgan fingerprint density at radius 2 is 1.83 bits per heavy atom. The van der Waals surface area contributed by atoms with Gasteiger partial charge >= 0.3 is 5.97 Å². The van der Waals surface area contributed by atoms with Crippen LogP contribution in [0.1, 0.15) is 63.1 Å². The first kappa shape index (κ1) is 16.7. The minimum atomic E-state index is -1.03. The van der Waals surface area contributed by atoms with Crippen molar-refractivity contribution in [1.82, 2.24) is 5.16 Å². The van der Waals surface area contributed by atoms with Crippen molar-refractivity contribution in [2.75, 3.05) is 5.32 Å². The van der Waals surface area contributed by atoms with E-state index in [1.807, 2.05) is 20.8 Å². The lowest BCUT2D eigenvalue weighted by Crippen LogP contribution is -2.16. The number of carbonyl (C=O) groups is 2. The molecule has 1 amide bonds. The maximum Gasteiger partial charge on any atom is 0.336 e. The predicted molar refractivity (Wildman–Crippen MR) is 86.2 cm³/mol. The number of hydrogen-bond donors (Lipinski definition) is 2. The number of carbonyl (C=O) groups excluding carboxylic acids is 1. The Morgan fingerprint density at radius 3 is 2.39 bits per heavy atom. The highest BCUT2D eigenvalue weighted by Gasteiger charge is 2.23. The van der Waals surface area contributed by atoms with Crippen molar-refractivity contribution in [3.63, 3.8) is 0 Å². The van der Waals surface area contributed by atoms with E-state index in [2.05, 4.69) is 10.5 Å². The molecule has 23 heavy (non-hydrogen) atoms. The number of carboxylic acids is 1. The molecule has 0 unspecified atom stereocenters. The fourth-order valence-corrected chi connectivity index (χ4v) is 2.46. The zero-order chi connectivity index (χ0) is 17.3. The van der Waals surface area contributed by atoms with E-state index in [4.69, 9.17) is 4.52 Å². The highest BCUT2D eigenvalue weighted by molar-refractivity contribution is 6.06. The summed E-state index contributed by atoms with van der Waals surface area (Å²) in [7, 11) is 0. The number of nitrogens with one attached hydrogen (secondary N) is 1. The first-order valence-electron chi connectivity index (χ1n) is 7.34. The zero-order valence-electron chi connectivity index (χ0n) is 13.9. The normalized spacial score (nSPS) is 10.9. The van der Waals surface area contributed by atoms with Crippen LogP contribution in [0.15, 0.2) is 16.7 Å². The Bertz CT molecular complexity index is 775. The van der Waals surface area contributed by atoms with Crippen molar-refractivity contribution < 1.29 is 19.2 Å². The van der Waals surface area contributed by atoms with Crippen molar-refractivity contribution in [3.05, 3.63) is 45.8 Å². The number of rotatable bonds is 4. The Kier molecular flexibility index (Phi) is 4.54. The average molecular weight is 316 g/mol. The fourth-order valence-electron chi connectivity index (χ4n) is 2.46. The maximum absolute atomic E-state index is 12.6. The molecule has 2 aromatic rings. The van der Waals surface area contributed by atoms with Crippen LogP contribution in [-0.4, -0.2) is 22.1 Å². The number of benzene rings is 1. The monoisotopic (exact) mass is 316 g/mol. The molecule has 6 nitrogen and oxygen atoms in total. The Morgan fingerprint density at radius 1 is 1.17 bits per heavy atom. The Balaban J connectivity index is 2.40. The summed E-state index contributed by atoms with van der Waals surface area (Å²) in [6, 6.07) is 3.21. The number of carboxylic acid groups (broad SMARTS) is 1. The molecule has 1 aromatic heterocycles. The van der Waals surface area contributed by atoms with Crippen molar-refractivity contribution in [2.45, 2.75) is 40.5 Å². The zero-order valence-corrected chi connectivity index (χ0v) is 13.9. The minimum Gasteiger partial charge on any atom is -0.478 e. The van der Waals surface area contributed by atoms with Gasteiger partial charge in [-0.2, -0.15) is 0 Å². The summed E-state index contributed by atoms with van der Waals surface area (Å²) in [5.74, 6) is -0.841. The van der Waals surface area contributed by atoms with E-state index in [1.54, 1.807) is 19.9 Å². The number of aryl methyl sites for hydroxylation is 3. The molecule has 0 radical (unpaired) electrons. The quantitative estimate of drug-likeness (QED) is 0.897. The van der Waals surface area contributed by atoms with Crippen molar-refractivity contribution in [1.29, 1.82) is 0 Å². The van der Waals surface area contributed by atoms with E-state index < -0.39 is 5.97 Å². The van der Waals surface area contributed by atoms with E-state index in [1.165, 1.54) is 6.07 Å². The van der Waals surface area contributed by atoms with Crippen LogP contribution < -0.4 is 5.32 Å². The predicted octanol–water partition coefficient (Wildman–Crippen LogP) is 3.67. The van der Waals surface area contributed by atoms with E-state index >= 15 is 0 Å². The molecular formula is C17H20N2O4. The van der Waals surface area contributed by atoms with Gasteiger partial charge in [-0.1, -0.05) is 25.1 Å². The molecule has 6 heteroatoms. The van der Waals surface area contributed by atoms with Gasteiger partial charge in [0.05, 0.1) is 11.3 Å². The third-order valence-electron chi connectivity index (χ3n) is 3.69. The summed E-state index contributed by atoms with van der Waals surface area (Å²) in [5.41, 5.74) is 2.98. The van der Waals surface area contributed by atoms with Gasteiger partial charge in [0.25, 0.3) is 5.91 Å². The molecule has 2 N–H and O–H groups in total. The molecule has 0 atom stereocenters. The molecule has 0 bridgehead atoms. The molecule has 0 saturated heterocycles. The molecule has 1 aromatic carbocycles. The van der Waals surface area contributed by atoms with Gasteiger partial charge in [0.1, 0.15) is 5.56 Å². The Labute approximate surface area is 134 Å². The molecule has 122 valence electrons. The van der Waals surface area contributed by atoms with Crippen LogP contribution in [0.5, 0.6) is 0 Å². The number of hydrogen-bond acceptors (Lipinski definition) is 4. The molecule has 0 aliphatic carbocycles. The van der Waals surface area contributed by atoms with Crippen LogP contribution in [0.3, 0.4) is 0 Å². The second-order valence-corrected chi connectivity index (χ2v) is 5.90. The van der Waals surface area contributed by atoms with Gasteiger partial charge in [0.15, 0.2) is 5.76 Å². The van der Waals surface area contributed by atoms with E-state index in [-0.39, 0.29) is 17.4 Å². The van der Waals surface area contributed by atoms with Gasteiger partial charge in [-0.05, 0) is 38.0 Å². The number of aromatic carboxylic acids is 1. The third-order valence-corrected chi connectivity index (χ3v) is 3.69.